The molecule has 0 aliphatic rings. The Morgan fingerprint density at radius 1 is 1.13 bits per heavy atom. The number of thiophene rings is 1. The van der Waals surface area contributed by atoms with Crippen molar-refractivity contribution in [2.45, 2.75) is 12.8 Å². The first kappa shape index (κ1) is 21.0. The molecule has 0 aliphatic carbocycles. The number of pyridine rings is 1. The van der Waals surface area contributed by atoms with E-state index in [1.807, 2.05) is 47.8 Å². The highest BCUT2D eigenvalue weighted by atomic mass is 32.1. The van der Waals surface area contributed by atoms with E-state index < -0.39 is 0 Å². The second-order valence-electron chi connectivity index (χ2n) is 7.89. The topological polar surface area (TPSA) is 71.2 Å². The molecule has 2 heterocycles. The lowest BCUT2D eigenvalue weighted by molar-refractivity contribution is 0.102. The van der Waals surface area contributed by atoms with E-state index in [-0.39, 0.29) is 5.91 Å². The molecule has 2 aromatic heterocycles. The van der Waals surface area contributed by atoms with Crippen LogP contribution in [0.1, 0.15) is 22.3 Å². The third kappa shape index (κ3) is 5.10. The predicted octanol–water partition coefficient (Wildman–Crippen LogP) is 5.29. The minimum absolute atomic E-state index is 0.223. The van der Waals surface area contributed by atoms with Crippen molar-refractivity contribution >= 4 is 39.5 Å². The van der Waals surface area contributed by atoms with E-state index in [2.05, 4.69) is 41.4 Å². The average Bonchev–Trinajstić information content (AvgIpc) is 3.29. The van der Waals surface area contributed by atoms with E-state index in [1.165, 1.54) is 5.56 Å². The van der Waals surface area contributed by atoms with Crippen molar-refractivity contribution in [3.63, 3.8) is 0 Å². The van der Waals surface area contributed by atoms with Crippen LogP contribution in [0.4, 0.5) is 11.4 Å². The maximum atomic E-state index is 12.9. The van der Waals surface area contributed by atoms with Gasteiger partial charge in [-0.2, -0.15) is 0 Å². The number of nitrogens with one attached hydrogen (secondary N) is 1. The number of anilines is 2. The number of aryl methyl sites for hydroxylation is 1. The Kier molecular flexibility index (Phi) is 6.30. The van der Waals surface area contributed by atoms with Crippen LogP contribution in [0.2, 0.25) is 0 Å². The van der Waals surface area contributed by atoms with Crippen LogP contribution in [0.15, 0.2) is 66.2 Å². The Labute approximate surface area is 186 Å². The van der Waals surface area contributed by atoms with E-state index in [0.717, 1.165) is 40.7 Å². The van der Waals surface area contributed by atoms with E-state index in [9.17, 15) is 4.79 Å². The van der Waals surface area contributed by atoms with Gasteiger partial charge in [0.15, 0.2) is 0 Å². The first-order valence-corrected chi connectivity index (χ1v) is 11.2. The first-order valence-electron chi connectivity index (χ1n) is 10.3. The zero-order chi connectivity index (χ0) is 21.8. The molecule has 0 radical (unpaired) electrons. The third-order valence-corrected chi connectivity index (χ3v) is 6.11. The van der Waals surface area contributed by atoms with E-state index in [1.54, 1.807) is 17.5 Å². The van der Waals surface area contributed by atoms with Gasteiger partial charge >= 0.3 is 0 Å². The number of benzene rings is 2. The van der Waals surface area contributed by atoms with Crippen LogP contribution in [0.25, 0.3) is 21.3 Å². The van der Waals surface area contributed by atoms with Crippen molar-refractivity contribution in [1.29, 1.82) is 0 Å². The van der Waals surface area contributed by atoms with Crippen LogP contribution < -0.4 is 11.1 Å². The summed E-state index contributed by atoms with van der Waals surface area (Å²) in [5.74, 6) is -0.223. The lowest BCUT2D eigenvalue weighted by Gasteiger charge is -2.11. The normalized spacial score (nSPS) is 11.2. The second kappa shape index (κ2) is 9.29. The summed E-state index contributed by atoms with van der Waals surface area (Å²) in [7, 11) is 4.17. The summed E-state index contributed by atoms with van der Waals surface area (Å²) in [6.45, 7) is 1.06. The Hall–Kier alpha value is -3.22. The van der Waals surface area contributed by atoms with Crippen molar-refractivity contribution in [3.8, 4) is 10.4 Å². The molecule has 6 heteroatoms. The van der Waals surface area contributed by atoms with Crippen molar-refractivity contribution in [2.24, 2.45) is 0 Å². The smallest absolute Gasteiger partial charge is 0.257 e. The second-order valence-corrected chi connectivity index (χ2v) is 8.84. The molecule has 2 aromatic carbocycles. The summed E-state index contributed by atoms with van der Waals surface area (Å²) in [5.41, 5.74) is 10.9. The molecule has 4 aromatic rings. The number of aromatic nitrogens is 1. The van der Waals surface area contributed by atoms with Crippen molar-refractivity contribution < 1.29 is 4.79 Å². The van der Waals surface area contributed by atoms with E-state index in [4.69, 9.17) is 5.73 Å². The summed E-state index contributed by atoms with van der Waals surface area (Å²) in [5, 5.41) is 5.91. The molecule has 0 spiro atoms. The summed E-state index contributed by atoms with van der Waals surface area (Å²) < 4.78 is 0. The van der Waals surface area contributed by atoms with Gasteiger partial charge in [-0.3, -0.25) is 9.78 Å². The summed E-state index contributed by atoms with van der Waals surface area (Å²) >= 11 is 1.65. The van der Waals surface area contributed by atoms with Gasteiger partial charge in [0.2, 0.25) is 0 Å². The maximum absolute atomic E-state index is 12.9. The minimum Gasteiger partial charge on any atom is -0.397 e. The molecule has 0 atom stereocenters. The Bertz CT molecular complexity index is 1200. The molecule has 3 N–H and O–H groups in total. The number of hydrogen-bond donors (Lipinski definition) is 2. The molecule has 4 rings (SSSR count). The lowest BCUT2D eigenvalue weighted by Crippen LogP contribution is -2.14. The maximum Gasteiger partial charge on any atom is 0.257 e. The fourth-order valence-corrected chi connectivity index (χ4v) is 4.23. The van der Waals surface area contributed by atoms with Gasteiger partial charge in [-0.15, -0.1) is 11.3 Å². The van der Waals surface area contributed by atoms with Crippen LogP contribution >= 0.6 is 11.3 Å². The quantitative estimate of drug-likeness (QED) is 0.391. The highest BCUT2D eigenvalue weighted by Gasteiger charge is 2.11. The van der Waals surface area contributed by atoms with E-state index >= 15 is 0 Å². The van der Waals surface area contributed by atoms with Gasteiger partial charge in [0.25, 0.3) is 5.91 Å². The summed E-state index contributed by atoms with van der Waals surface area (Å²) in [4.78, 5) is 20.7. The number of fused-ring (bicyclic) bond motifs is 1. The SMILES string of the molecule is CN(C)CCCc1ccc2cc(C(=O)Nc3cc(-c4cccs4)ccc3N)cnc2c1. The van der Waals surface area contributed by atoms with Gasteiger partial charge in [0.05, 0.1) is 22.5 Å². The molecule has 158 valence electrons. The van der Waals surface area contributed by atoms with Crippen molar-refractivity contribution in [2.75, 3.05) is 31.7 Å². The van der Waals surface area contributed by atoms with Gasteiger partial charge in [-0.1, -0.05) is 24.3 Å². The fraction of sp³-hybridized carbons (Fsp3) is 0.200. The zero-order valence-electron chi connectivity index (χ0n) is 17.8. The molecule has 0 bridgehead atoms. The van der Waals surface area contributed by atoms with Gasteiger partial charge < -0.3 is 16.0 Å². The largest absolute Gasteiger partial charge is 0.397 e. The average molecular weight is 431 g/mol. The zero-order valence-corrected chi connectivity index (χ0v) is 18.6. The number of carbonyl (C=O) groups is 1. The highest BCUT2D eigenvalue weighted by molar-refractivity contribution is 7.13. The lowest BCUT2D eigenvalue weighted by atomic mass is 10.1. The van der Waals surface area contributed by atoms with Gasteiger partial charge in [-0.05, 0) is 80.3 Å². The molecule has 1 amide bonds. The number of rotatable bonds is 7. The highest BCUT2D eigenvalue weighted by Crippen LogP contribution is 2.30. The Balaban J connectivity index is 1.51. The molecular weight excluding hydrogens is 404 g/mol. The predicted molar refractivity (Wildman–Crippen MR) is 131 cm³/mol. The monoisotopic (exact) mass is 430 g/mol. The number of nitrogens with two attached hydrogens (primary N) is 1. The van der Waals surface area contributed by atoms with Gasteiger partial charge in [0, 0.05) is 16.5 Å². The van der Waals surface area contributed by atoms with E-state index in [0.29, 0.717) is 16.9 Å². The summed E-state index contributed by atoms with van der Waals surface area (Å²) in [6, 6.07) is 17.9. The molecular formula is C25H26N4OS. The molecule has 5 nitrogen and oxygen atoms in total. The van der Waals surface area contributed by atoms with Crippen LogP contribution in [0.3, 0.4) is 0 Å². The number of amides is 1. The van der Waals surface area contributed by atoms with Crippen LogP contribution in [-0.4, -0.2) is 36.4 Å². The standard InChI is InChI=1S/C25H26N4OS/c1-29(2)11-3-5-17-7-8-18-14-20(16-27-22(18)13-17)25(30)28-23-15-19(9-10-21(23)26)24-6-4-12-31-24/h4,6-10,12-16H,3,5,11,26H2,1-2H3,(H,28,30). The molecule has 0 unspecified atom stereocenters. The van der Waals surface area contributed by atoms with Crippen LogP contribution in [-0.2, 0) is 6.42 Å². The minimum atomic E-state index is -0.223. The number of hydrogen-bond acceptors (Lipinski definition) is 5. The summed E-state index contributed by atoms with van der Waals surface area (Å²) in [6.07, 6.45) is 3.74. The number of nitrogens with zero attached hydrogens (tertiary/aromatic N) is 2. The molecule has 0 aliphatic heterocycles. The Morgan fingerprint density at radius 2 is 2.00 bits per heavy atom. The fourth-order valence-electron chi connectivity index (χ4n) is 3.50. The van der Waals surface area contributed by atoms with Crippen molar-refractivity contribution in [1.82, 2.24) is 9.88 Å². The third-order valence-electron chi connectivity index (χ3n) is 5.19. The van der Waals surface area contributed by atoms with Crippen molar-refractivity contribution in [3.05, 3.63) is 77.3 Å². The van der Waals surface area contributed by atoms with Crippen LogP contribution in [0.5, 0.6) is 0 Å². The molecule has 0 fully saturated rings. The number of carbonyl (C=O) groups excluding carboxylic acids is 1. The van der Waals surface area contributed by atoms with Gasteiger partial charge in [0.1, 0.15) is 0 Å². The first-order chi connectivity index (χ1) is 15.0. The number of nitrogen functional groups attached to an aromatic ring is 1. The van der Waals surface area contributed by atoms with Crippen LogP contribution in [0, 0.1) is 0 Å². The van der Waals surface area contributed by atoms with Gasteiger partial charge in [-0.25, -0.2) is 0 Å². The molecule has 0 saturated heterocycles. The molecule has 0 saturated carbocycles. The Morgan fingerprint density at radius 3 is 2.77 bits per heavy atom. The molecule has 31 heavy (non-hydrogen) atoms.